The fourth-order valence-corrected chi connectivity index (χ4v) is 2.51. The number of hydrogen-bond acceptors (Lipinski definition) is 5. The van der Waals surface area contributed by atoms with Gasteiger partial charge in [-0.25, -0.2) is 15.0 Å². The summed E-state index contributed by atoms with van der Waals surface area (Å²) in [6.45, 7) is 3.20. The number of benzene rings is 1. The van der Waals surface area contributed by atoms with Gasteiger partial charge in [-0.05, 0) is 12.1 Å². The highest BCUT2D eigenvalue weighted by molar-refractivity contribution is 5.83. The smallest absolute Gasteiger partial charge is 0.167 e. The molecule has 1 saturated heterocycles. The quantitative estimate of drug-likeness (QED) is 0.765. The number of fused-ring (bicyclic) bond motifs is 3. The first-order valence-corrected chi connectivity index (χ1v) is 6.72. The fourth-order valence-electron chi connectivity index (χ4n) is 2.51. The highest BCUT2D eigenvalue weighted by Crippen LogP contribution is 2.21. The summed E-state index contributed by atoms with van der Waals surface area (Å²) in [7, 11) is 0. The Morgan fingerprint density at radius 1 is 1.10 bits per heavy atom. The van der Waals surface area contributed by atoms with E-state index in [-0.39, 0.29) is 0 Å². The molecular formula is C14H15N5O. The molecule has 0 spiro atoms. The van der Waals surface area contributed by atoms with Crippen molar-refractivity contribution in [1.82, 2.24) is 19.4 Å². The molecule has 0 radical (unpaired) electrons. The zero-order chi connectivity index (χ0) is 13.4. The number of nitrogens with one attached hydrogen (secondary N) is 1. The number of anilines is 1. The lowest BCUT2D eigenvalue weighted by Gasteiger charge is -2.27. The number of hydrogen-bond donors (Lipinski definition) is 1. The predicted octanol–water partition coefficient (Wildman–Crippen LogP) is 1.54. The van der Waals surface area contributed by atoms with Crippen LogP contribution in [0.5, 0.6) is 0 Å². The van der Waals surface area contributed by atoms with Crippen LogP contribution in [0.4, 0.5) is 5.82 Å². The first-order valence-electron chi connectivity index (χ1n) is 6.72. The van der Waals surface area contributed by atoms with E-state index >= 15 is 0 Å². The molecule has 102 valence electrons. The Labute approximate surface area is 116 Å². The lowest BCUT2D eigenvalue weighted by atomic mass is 10.3. The van der Waals surface area contributed by atoms with Gasteiger partial charge >= 0.3 is 0 Å². The Balaban J connectivity index is 1.82. The van der Waals surface area contributed by atoms with E-state index in [9.17, 15) is 0 Å². The van der Waals surface area contributed by atoms with Crippen molar-refractivity contribution in [3.05, 3.63) is 36.8 Å². The van der Waals surface area contributed by atoms with Crippen LogP contribution >= 0.6 is 0 Å². The van der Waals surface area contributed by atoms with E-state index in [0.717, 1.165) is 48.7 Å². The number of morpholine rings is 1. The summed E-state index contributed by atoms with van der Waals surface area (Å²) in [6.07, 6.45) is 3.66. The molecule has 1 aliphatic heterocycles. The Kier molecular flexibility index (Phi) is 2.75. The third kappa shape index (κ3) is 1.90. The van der Waals surface area contributed by atoms with Crippen LogP contribution in [-0.2, 0) is 4.74 Å². The van der Waals surface area contributed by atoms with Crippen LogP contribution in [0.1, 0.15) is 0 Å². The van der Waals surface area contributed by atoms with Gasteiger partial charge in [-0.3, -0.25) is 4.40 Å². The zero-order valence-electron chi connectivity index (χ0n) is 11.0. The first kappa shape index (κ1) is 11.6. The van der Waals surface area contributed by atoms with E-state index in [1.807, 2.05) is 30.7 Å². The van der Waals surface area contributed by atoms with Gasteiger partial charge in [-0.1, -0.05) is 12.1 Å². The minimum Gasteiger partial charge on any atom is -0.379 e. The number of hydrazine groups is 1. The van der Waals surface area contributed by atoms with E-state index in [1.165, 1.54) is 0 Å². The Morgan fingerprint density at radius 2 is 1.95 bits per heavy atom. The highest BCUT2D eigenvalue weighted by Gasteiger charge is 2.14. The van der Waals surface area contributed by atoms with Crippen molar-refractivity contribution < 1.29 is 4.74 Å². The minimum absolute atomic E-state index is 0.746. The van der Waals surface area contributed by atoms with Crippen LogP contribution in [0.25, 0.3) is 16.6 Å². The van der Waals surface area contributed by atoms with Gasteiger partial charge in [0.2, 0.25) is 0 Å². The maximum absolute atomic E-state index is 5.36. The zero-order valence-corrected chi connectivity index (χ0v) is 11.0. The van der Waals surface area contributed by atoms with Gasteiger partial charge in [0, 0.05) is 13.1 Å². The normalized spacial score (nSPS) is 16.8. The SMILES string of the molecule is c1ccc2c(c1)nc(NN1CCOCC1)c1cncn12. The number of ether oxygens (including phenoxy) is 1. The number of nitrogens with zero attached hydrogens (tertiary/aromatic N) is 4. The summed E-state index contributed by atoms with van der Waals surface area (Å²) in [5, 5.41) is 2.13. The monoisotopic (exact) mass is 269 g/mol. The number of aromatic nitrogens is 3. The van der Waals surface area contributed by atoms with Crippen LogP contribution in [-0.4, -0.2) is 45.7 Å². The van der Waals surface area contributed by atoms with Gasteiger partial charge < -0.3 is 10.2 Å². The van der Waals surface area contributed by atoms with Crippen molar-refractivity contribution >= 4 is 22.4 Å². The molecule has 20 heavy (non-hydrogen) atoms. The van der Waals surface area contributed by atoms with Gasteiger partial charge in [-0.2, -0.15) is 0 Å². The van der Waals surface area contributed by atoms with E-state index < -0.39 is 0 Å². The molecule has 6 heteroatoms. The predicted molar refractivity (Wildman–Crippen MR) is 76.5 cm³/mol. The molecule has 3 aromatic rings. The van der Waals surface area contributed by atoms with Crippen molar-refractivity contribution in [2.24, 2.45) is 0 Å². The first-order chi connectivity index (χ1) is 9.92. The molecule has 0 amide bonds. The molecule has 0 saturated carbocycles. The van der Waals surface area contributed by atoms with Gasteiger partial charge in [0.25, 0.3) is 0 Å². The highest BCUT2D eigenvalue weighted by atomic mass is 16.5. The van der Waals surface area contributed by atoms with Crippen molar-refractivity contribution in [3.63, 3.8) is 0 Å². The van der Waals surface area contributed by atoms with Crippen LogP contribution in [0.2, 0.25) is 0 Å². The third-order valence-electron chi connectivity index (χ3n) is 3.53. The second-order valence-electron chi connectivity index (χ2n) is 4.81. The second kappa shape index (κ2) is 4.73. The summed E-state index contributed by atoms with van der Waals surface area (Å²) in [4.78, 5) is 8.96. The molecule has 4 rings (SSSR count). The lowest BCUT2D eigenvalue weighted by Crippen LogP contribution is -2.40. The van der Waals surface area contributed by atoms with E-state index in [1.54, 1.807) is 0 Å². The summed E-state index contributed by atoms with van der Waals surface area (Å²) >= 11 is 0. The van der Waals surface area contributed by atoms with Crippen LogP contribution in [0, 0.1) is 0 Å². The Morgan fingerprint density at radius 3 is 2.85 bits per heavy atom. The van der Waals surface area contributed by atoms with E-state index in [4.69, 9.17) is 9.72 Å². The summed E-state index contributed by atoms with van der Waals surface area (Å²) < 4.78 is 7.42. The van der Waals surface area contributed by atoms with Gasteiger partial charge in [0.1, 0.15) is 5.52 Å². The number of para-hydroxylation sites is 2. The van der Waals surface area contributed by atoms with Crippen LogP contribution < -0.4 is 5.43 Å². The summed E-state index contributed by atoms with van der Waals surface area (Å²) in [5.41, 5.74) is 6.38. The number of rotatable bonds is 2. The number of imidazole rings is 1. The molecule has 1 aromatic carbocycles. The van der Waals surface area contributed by atoms with Crippen molar-refractivity contribution in [2.45, 2.75) is 0 Å². The average Bonchev–Trinajstić information content (AvgIpc) is 2.98. The molecule has 0 bridgehead atoms. The molecular weight excluding hydrogens is 254 g/mol. The van der Waals surface area contributed by atoms with E-state index in [2.05, 4.69) is 25.9 Å². The maximum Gasteiger partial charge on any atom is 0.167 e. The van der Waals surface area contributed by atoms with Crippen molar-refractivity contribution in [2.75, 3.05) is 31.7 Å². The molecule has 1 aliphatic rings. The fraction of sp³-hybridized carbons (Fsp3) is 0.286. The minimum atomic E-state index is 0.746. The lowest BCUT2D eigenvalue weighted by molar-refractivity contribution is 0.0495. The molecule has 3 heterocycles. The topological polar surface area (TPSA) is 54.7 Å². The molecule has 1 N–H and O–H groups in total. The van der Waals surface area contributed by atoms with Crippen molar-refractivity contribution in [3.8, 4) is 0 Å². The third-order valence-corrected chi connectivity index (χ3v) is 3.53. The van der Waals surface area contributed by atoms with Crippen LogP contribution in [0.3, 0.4) is 0 Å². The molecule has 1 fully saturated rings. The summed E-state index contributed by atoms with van der Waals surface area (Å²) in [6, 6.07) is 8.07. The largest absolute Gasteiger partial charge is 0.379 e. The Bertz CT molecular complexity index is 747. The molecule has 2 aromatic heterocycles. The average molecular weight is 269 g/mol. The Hall–Kier alpha value is -2.18. The molecule has 0 atom stereocenters. The van der Waals surface area contributed by atoms with E-state index in [0.29, 0.717) is 0 Å². The van der Waals surface area contributed by atoms with Crippen LogP contribution in [0.15, 0.2) is 36.8 Å². The van der Waals surface area contributed by atoms with Gasteiger partial charge in [-0.15, -0.1) is 0 Å². The van der Waals surface area contributed by atoms with Crippen molar-refractivity contribution in [1.29, 1.82) is 0 Å². The van der Waals surface area contributed by atoms with Gasteiger partial charge in [0.15, 0.2) is 5.82 Å². The summed E-state index contributed by atoms with van der Waals surface area (Å²) in [5.74, 6) is 0.836. The second-order valence-corrected chi connectivity index (χ2v) is 4.81. The molecule has 0 aliphatic carbocycles. The molecule has 6 nitrogen and oxygen atoms in total. The standard InChI is InChI=1S/C14H15N5O/c1-2-4-12-11(3-1)16-14(13-9-15-10-19(12)13)17-18-5-7-20-8-6-18/h1-4,9-10H,5-8H2,(H,16,17). The maximum atomic E-state index is 5.36. The van der Waals surface area contributed by atoms with Gasteiger partial charge in [0.05, 0.1) is 36.8 Å². The molecule has 0 unspecified atom stereocenters.